The Labute approximate surface area is 70.4 Å². The largest absolute Gasteiger partial charge is 0.348 e. The molecule has 5 heteroatoms. The summed E-state index contributed by atoms with van der Waals surface area (Å²) in [7, 11) is 0. The molecule has 1 aromatic heterocycles. The number of aromatic nitrogens is 2. The van der Waals surface area contributed by atoms with Crippen LogP contribution in [0.5, 0.6) is 0 Å². The third kappa shape index (κ3) is 2.35. The van der Waals surface area contributed by atoms with E-state index in [-0.39, 0.29) is 5.91 Å². The van der Waals surface area contributed by atoms with E-state index < -0.39 is 6.04 Å². The van der Waals surface area contributed by atoms with Crippen molar-refractivity contribution in [3.05, 3.63) is 18.2 Å². The number of aromatic amines is 1. The summed E-state index contributed by atoms with van der Waals surface area (Å²) in [6.45, 7) is 2.03. The van der Waals surface area contributed by atoms with E-state index >= 15 is 0 Å². The van der Waals surface area contributed by atoms with Crippen LogP contribution < -0.4 is 11.1 Å². The number of rotatable bonds is 3. The van der Waals surface area contributed by atoms with E-state index in [9.17, 15) is 4.79 Å². The van der Waals surface area contributed by atoms with E-state index in [1.165, 1.54) is 0 Å². The van der Waals surface area contributed by atoms with Gasteiger partial charge in [0.05, 0.1) is 12.6 Å². The standard InChI is InChI=1S/C7H12N4O/c1-5(8)7(12)11-4-6-9-2-3-10-6/h2-3,5H,4,8H2,1H3,(H,9,10)(H,11,12). The molecule has 1 aromatic rings. The second-order valence-electron chi connectivity index (χ2n) is 2.54. The monoisotopic (exact) mass is 168 g/mol. The number of amides is 1. The molecule has 0 spiro atoms. The normalized spacial score (nSPS) is 12.5. The highest BCUT2D eigenvalue weighted by molar-refractivity contribution is 5.80. The molecule has 1 unspecified atom stereocenters. The van der Waals surface area contributed by atoms with Gasteiger partial charge in [0, 0.05) is 12.4 Å². The molecule has 66 valence electrons. The van der Waals surface area contributed by atoms with E-state index in [4.69, 9.17) is 5.73 Å². The Bertz CT molecular complexity index is 242. The van der Waals surface area contributed by atoms with Gasteiger partial charge in [0.15, 0.2) is 0 Å². The van der Waals surface area contributed by atoms with Gasteiger partial charge in [0.25, 0.3) is 0 Å². The van der Waals surface area contributed by atoms with Crippen LogP contribution in [-0.4, -0.2) is 21.9 Å². The van der Waals surface area contributed by atoms with Gasteiger partial charge in [-0.25, -0.2) is 4.98 Å². The number of hydrogen-bond acceptors (Lipinski definition) is 3. The lowest BCUT2D eigenvalue weighted by molar-refractivity contribution is -0.122. The summed E-state index contributed by atoms with van der Waals surface area (Å²) < 4.78 is 0. The molecule has 0 saturated heterocycles. The molecule has 4 N–H and O–H groups in total. The zero-order valence-electron chi connectivity index (χ0n) is 6.87. The van der Waals surface area contributed by atoms with Crippen molar-refractivity contribution in [1.29, 1.82) is 0 Å². The van der Waals surface area contributed by atoms with E-state index in [2.05, 4.69) is 15.3 Å². The van der Waals surface area contributed by atoms with Gasteiger partial charge < -0.3 is 16.0 Å². The molecule has 0 radical (unpaired) electrons. The minimum Gasteiger partial charge on any atom is -0.348 e. The van der Waals surface area contributed by atoms with E-state index in [0.717, 1.165) is 5.82 Å². The van der Waals surface area contributed by atoms with Crippen LogP contribution in [0.4, 0.5) is 0 Å². The molecule has 0 aliphatic rings. The van der Waals surface area contributed by atoms with Gasteiger partial charge in [0.1, 0.15) is 5.82 Å². The Kier molecular flexibility index (Phi) is 2.82. The molecule has 0 bridgehead atoms. The van der Waals surface area contributed by atoms with Crippen molar-refractivity contribution in [2.24, 2.45) is 5.73 Å². The maximum atomic E-state index is 11.0. The van der Waals surface area contributed by atoms with Crippen molar-refractivity contribution in [3.63, 3.8) is 0 Å². The summed E-state index contributed by atoms with van der Waals surface area (Å²) in [5.41, 5.74) is 5.33. The lowest BCUT2D eigenvalue weighted by atomic mass is 10.3. The van der Waals surface area contributed by atoms with Gasteiger partial charge in [0.2, 0.25) is 5.91 Å². The van der Waals surface area contributed by atoms with Gasteiger partial charge in [-0.1, -0.05) is 0 Å². The number of hydrogen-bond donors (Lipinski definition) is 3. The lowest BCUT2D eigenvalue weighted by Gasteiger charge is -2.04. The SMILES string of the molecule is CC(N)C(=O)NCc1ncc[nH]1. The highest BCUT2D eigenvalue weighted by Gasteiger charge is 2.06. The molecule has 1 amide bonds. The Balaban J connectivity index is 2.32. The van der Waals surface area contributed by atoms with Gasteiger partial charge in [-0.15, -0.1) is 0 Å². The van der Waals surface area contributed by atoms with Crippen molar-refractivity contribution in [2.45, 2.75) is 19.5 Å². The summed E-state index contributed by atoms with van der Waals surface area (Å²) in [5.74, 6) is 0.551. The first-order valence-corrected chi connectivity index (χ1v) is 3.71. The van der Waals surface area contributed by atoms with Crippen LogP contribution in [-0.2, 0) is 11.3 Å². The molecule has 1 atom stereocenters. The molecule has 0 aliphatic heterocycles. The van der Waals surface area contributed by atoms with Crippen LogP contribution in [0, 0.1) is 0 Å². The minimum absolute atomic E-state index is 0.175. The summed E-state index contributed by atoms with van der Waals surface area (Å²) in [6.07, 6.45) is 3.33. The average molecular weight is 168 g/mol. The number of nitrogens with two attached hydrogens (primary N) is 1. The fourth-order valence-electron chi connectivity index (χ4n) is 0.726. The topological polar surface area (TPSA) is 83.8 Å². The zero-order valence-corrected chi connectivity index (χ0v) is 6.87. The molecule has 0 fully saturated rings. The van der Waals surface area contributed by atoms with Gasteiger partial charge >= 0.3 is 0 Å². The molecule has 0 aromatic carbocycles. The molecular weight excluding hydrogens is 156 g/mol. The summed E-state index contributed by atoms with van der Waals surface area (Å²) in [4.78, 5) is 17.8. The first-order chi connectivity index (χ1) is 5.70. The minimum atomic E-state index is -0.472. The lowest BCUT2D eigenvalue weighted by Crippen LogP contribution is -2.37. The third-order valence-corrected chi connectivity index (χ3v) is 1.40. The van der Waals surface area contributed by atoms with Crippen molar-refractivity contribution in [3.8, 4) is 0 Å². The molecular formula is C7H12N4O. The molecule has 0 saturated carbocycles. The second kappa shape index (κ2) is 3.87. The molecule has 5 nitrogen and oxygen atoms in total. The number of carbonyl (C=O) groups excluding carboxylic acids is 1. The van der Waals surface area contributed by atoms with E-state index in [0.29, 0.717) is 6.54 Å². The molecule has 0 aliphatic carbocycles. The smallest absolute Gasteiger partial charge is 0.237 e. The predicted molar refractivity (Wildman–Crippen MR) is 44.1 cm³/mol. The van der Waals surface area contributed by atoms with Crippen LogP contribution in [0.2, 0.25) is 0 Å². The Morgan fingerprint density at radius 1 is 1.92 bits per heavy atom. The predicted octanol–water partition coefficient (Wildman–Crippen LogP) is -0.627. The van der Waals surface area contributed by atoms with Gasteiger partial charge in [-0.3, -0.25) is 4.79 Å². The van der Waals surface area contributed by atoms with Crippen LogP contribution in [0.15, 0.2) is 12.4 Å². The van der Waals surface area contributed by atoms with Crippen molar-refractivity contribution in [1.82, 2.24) is 15.3 Å². The number of imidazole rings is 1. The van der Waals surface area contributed by atoms with Crippen molar-refractivity contribution < 1.29 is 4.79 Å². The average Bonchev–Trinajstić information content (AvgIpc) is 2.51. The quantitative estimate of drug-likeness (QED) is 0.562. The van der Waals surface area contributed by atoms with Crippen molar-refractivity contribution >= 4 is 5.91 Å². The maximum absolute atomic E-state index is 11.0. The van der Waals surface area contributed by atoms with Crippen LogP contribution in [0.1, 0.15) is 12.7 Å². The Morgan fingerprint density at radius 2 is 2.67 bits per heavy atom. The first-order valence-electron chi connectivity index (χ1n) is 3.71. The number of H-pyrrole nitrogens is 1. The first kappa shape index (κ1) is 8.73. The Hall–Kier alpha value is -1.36. The highest BCUT2D eigenvalue weighted by atomic mass is 16.2. The highest BCUT2D eigenvalue weighted by Crippen LogP contribution is 1.86. The maximum Gasteiger partial charge on any atom is 0.237 e. The van der Waals surface area contributed by atoms with Crippen LogP contribution >= 0.6 is 0 Å². The van der Waals surface area contributed by atoms with Crippen molar-refractivity contribution in [2.75, 3.05) is 0 Å². The second-order valence-corrected chi connectivity index (χ2v) is 2.54. The van der Waals surface area contributed by atoms with Crippen LogP contribution in [0.25, 0.3) is 0 Å². The summed E-state index contributed by atoms with van der Waals surface area (Å²) in [5, 5.41) is 2.63. The zero-order chi connectivity index (χ0) is 8.97. The summed E-state index contributed by atoms with van der Waals surface area (Å²) in [6, 6.07) is -0.472. The van der Waals surface area contributed by atoms with Gasteiger partial charge in [-0.05, 0) is 6.92 Å². The number of nitrogens with one attached hydrogen (secondary N) is 2. The molecule has 12 heavy (non-hydrogen) atoms. The Morgan fingerprint density at radius 3 is 3.17 bits per heavy atom. The van der Waals surface area contributed by atoms with Crippen LogP contribution in [0.3, 0.4) is 0 Å². The fourth-order valence-corrected chi connectivity index (χ4v) is 0.726. The fraction of sp³-hybridized carbons (Fsp3) is 0.429. The molecule has 1 rings (SSSR count). The third-order valence-electron chi connectivity index (χ3n) is 1.40. The molecule has 1 heterocycles. The van der Waals surface area contributed by atoms with Gasteiger partial charge in [-0.2, -0.15) is 0 Å². The number of nitrogens with zero attached hydrogens (tertiary/aromatic N) is 1. The number of carbonyl (C=O) groups is 1. The van der Waals surface area contributed by atoms with E-state index in [1.807, 2.05) is 0 Å². The van der Waals surface area contributed by atoms with E-state index in [1.54, 1.807) is 19.3 Å². The summed E-state index contributed by atoms with van der Waals surface area (Å²) >= 11 is 0.